The lowest BCUT2D eigenvalue weighted by Gasteiger charge is -2.14. The van der Waals surface area contributed by atoms with Gasteiger partial charge in [-0.05, 0) is 42.8 Å². The maximum absolute atomic E-state index is 12.4. The number of sulfonamides is 1. The molecule has 21 heavy (non-hydrogen) atoms. The predicted molar refractivity (Wildman–Crippen MR) is 93.3 cm³/mol. The van der Waals surface area contributed by atoms with Crippen molar-refractivity contribution >= 4 is 64.9 Å². The highest BCUT2D eigenvalue weighted by Gasteiger charge is 2.20. The van der Waals surface area contributed by atoms with E-state index >= 15 is 0 Å². The number of nitrogens with one attached hydrogen (secondary N) is 1. The van der Waals surface area contributed by atoms with Gasteiger partial charge in [0.25, 0.3) is 10.0 Å². The van der Waals surface area contributed by atoms with Crippen molar-refractivity contribution in [2.75, 3.05) is 10.5 Å². The Balaban J connectivity index is 2.47. The lowest BCUT2D eigenvalue weighted by Crippen LogP contribution is -2.15. The van der Waals surface area contributed by atoms with Crippen molar-refractivity contribution < 1.29 is 8.42 Å². The number of benzene rings is 2. The number of anilines is 2. The third kappa shape index (κ3) is 3.71. The Hall–Kier alpha value is -0.760. The number of nitrogens with two attached hydrogens (primary N) is 1. The van der Waals surface area contributed by atoms with Crippen molar-refractivity contribution in [2.45, 2.75) is 11.8 Å². The van der Waals surface area contributed by atoms with Gasteiger partial charge in [-0.2, -0.15) is 0 Å². The van der Waals surface area contributed by atoms with Crippen LogP contribution in [0.5, 0.6) is 0 Å². The van der Waals surface area contributed by atoms with Gasteiger partial charge in [-0.1, -0.05) is 43.5 Å². The molecule has 0 amide bonds. The summed E-state index contributed by atoms with van der Waals surface area (Å²) < 4.78 is 28.9. The molecule has 0 unspecified atom stereocenters. The third-order valence-corrected chi connectivity index (χ3v) is 5.53. The molecule has 3 N–H and O–H groups in total. The lowest BCUT2D eigenvalue weighted by molar-refractivity contribution is 0.601. The van der Waals surface area contributed by atoms with Crippen molar-refractivity contribution in [1.29, 1.82) is 0 Å². The summed E-state index contributed by atoms with van der Waals surface area (Å²) in [5, 5.41) is 0.130. The van der Waals surface area contributed by atoms with Gasteiger partial charge in [0.05, 0.1) is 16.4 Å². The van der Waals surface area contributed by atoms with Crippen LogP contribution in [0.1, 0.15) is 5.56 Å². The molecule has 0 aliphatic heterocycles. The fraction of sp³-hybridized carbons (Fsp3) is 0.0769. The molecule has 0 bridgehead atoms. The molecule has 4 nitrogen and oxygen atoms in total. The van der Waals surface area contributed by atoms with E-state index in [0.29, 0.717) is 21.4 Å². The van der Waals surface area contributed by atoms with E-state index in [-0.39, 0.29) is 9.92 Å². The van der Waals surface area contributed by atoms with Gasteiger partial charge in [0.15, 0.2) is 0 Å². The highest BCUT2D eigenvalue weighted by atomic mass is 79.9. The van der Waals surface area contributed by atoms with Gasteiger partial charge in [-0.25, -0.2) is 8.42 Å². The van der Waals surface area contributed by atoms with Crippen molar-refractivity contribution in [3.63, 3.8) is 0 Å². The van der Waals surface area contributed by atoms with E-state index in [1.807, 2.05) is 0 Å². The molecule has 0 aromatic heterocycles. The average molecular weight is 455 g/mol. The van der Waals surface area contributed by atoms with Crippen LogP contribution < -0.4 is 10.5 Å². The summed E-state index contributed by atoms with van der Waals surface area (Å²) >= 11 is 12.5. The highest BCUT2D eigenvalue weighted by Crippen LogP contribution is 2.32. The molecule has 0 fully saturated rings. The first-order valence-corrected chi connectivity index (χ1v) is 9.19. The Morgan fingerprint density at radius 1 is 1.14 bits per heavy atom. The molecule has 0 radical (unpaired) electrons. The maximum Gasteiger partial charge on any atom is 0.263 e. The first-order valence-electron chi connectivity index (χ1n) is 5.74. The van der Waals surface area contributed by atoms with E-state index in [4.69, 9.17) is 17.3 Å². The van der Waals surface area contributed by atoms with Gasteiger partial charge >= 0.3 is 0 Å². The number of aryl methyl sites for hydroxylation is 1. The third-order valence-electron chi connectivity index (χ3n) is 2.75. The monoisotopic (exact) mass is 452 g/mol. The molecule has 0 aliphatic rings. The summed E-state index contributed by atoms with van der Waals surface area (Å²) in [6.45, 7) is 1.77. The molecule has 2 aromatic carbocycles. The summed E-state index contributed by atoms with van der Waals surface area (Å²) in [5.41, 5.74) is 7.26. The zero-order chi connectivity index (χ0) is 15.8. The van der Waals surface area contributed by atoms with E-state index in [1.165, 1.54) is 12.1 Å². The second-order valence-electron chi connectivity index (χ2n) is 4.37. The molecule has 112 valence electrons. The van der Waals surface area contributed by atoms with E-state index in [1.54, 1.807) is 25.1 Å². The first kappa shape index (κ1) is 16.6. The molecule has 0 spiro atoms. The number of hydrogen-bond acceptors (Lipinski definition) is 3. The number of nitrogen functional groups attached to an aromatic ring is 1. The molecule has 2 rings (SSSR count). The Kier molecular flexibility index (Phi) is 4.87. The number of hydrogen-bond donors (Lipinski definition) is 2. The molecule has 8 heteroatoms. The maximum atomic E-state index is 12.4. The minimum absolute atomic E-state index is 0.00548. The Morgan fingerprint density at radius 3 is 2.38 bits per heavy atom. The number of halogens is 3. The quantitative estimate of drug-likeness (QED) is 0.668. The van der Waals surface area contributed by atoms with Crippen molar-refractivity contribution in [1.82, 2.24) is 0 Å². The molecule has 2 aromatic rings. The second kappa shape index (κ2) is 6.16. The summed E-state index contributed by atoms with van der Waals surface area (Å²) in [7, 11) is -3.82. The molecule has 0 atom stereocenters. The van der Waals surface area contributed by atoms with Crippen LogP contribution in [0.2, 0.25) is 5.02 Å². The van der Waals surface area contributed by atoms with Gasteiger partial charge < -0.3 is 5.73 Å². The largest absolute Gasteiger partial charge is 0.397 e. The van der Waals surface area contributed by atoms with Gasteiger partial charge in [0.1, 0.15) is 4.90 Å². The van der Waals surface area contributed by atoms with Crippen molar-refractivity contribution in [2.24, 2.45) is 0 Å². The Labute approximate surface area is 145 Å². The molecular formula is C13H11Br2ClN2O2S. The van der Waals surface area contributed by atoms with Crippen molar-refractivity contribution in [3.05, 3.63) is 49.9 Å². The van der Waals surface area contributed by atoms with Crippen LogP contribution in [0.15, 0.2) is 44.2 Å². The van der Waals surface area contributed by atoms with Gasteiger partial charge in [-0.15, -0.1) is 0 Å². The fourth-order valence-electron chi connectivity index (χ4n) is 1.79. The van der Waals surface area contributed by atoms with Crippen LogP contribution in [0.25, 0.3) is 0 Å². The van der Waals surface area contributed by atoms with Crippen LogP contribution in [-0.2, 0) is 10.0 Å². The highest BCUT2D eigenvalue weighted by molar-refractivity contribution is 9.10. The minimum Gasteiger partial charge on any atom is -0.397 e. The SMILES string of the molecule is Cc1cc(Br)cc(N)c1NS(=O)(=O)c1ccc(Br)cc1Cl. The summed E-state index contributed by atoms with van der Waals surface area (Å²) in [6.07, 6.45) is 0. The summed E-state index contributed by atoms with van der Waals surface area (Å²) in [5.74, 6) is 0. The fourth-order valence-corrected chi connectivity index (χ4v) is 4.58. The second-order valence-corrected chi connectivity index (χ2v) is 8.26. The van der Waals surface area contributed by atoms with Crippen LogP contribution in [-0.4, -0.2) is 8.42 Å². The standard InChI is InChI=1S/C13H11Br2ClN2O2S/c1-7-4-9(15)6-11(17)13(7)18-21(19,20)12-3-2-8(14)5-10(12)16/h2-6,18H,17H2,1H3. The minimum atomic E-state index is -3.82. The Bertz CT molecular complexity index is 787. The average Bonchev–Trinajstić information content (AvgIpc) is 2.33. The van der Waals surface area contributed by atoms with E-state index in [2.05, 4.69) is 36.6 Å². The van der Waals surface area contributed by atoms with Crippen molar-refractivity contribution in [3.8, 4) is 0 Å². The molecule has 0 saturated carbocycles. The normalized spacial score (nSPS) is 11.4. The zero-order valence-electron chi connectivity index (χ0n) is 10.8. The smallest absolute Gasteiger partial charge is 0.263 e. The molecule has 0 saturated heterocycles. The topological polar surface area (TPSA) is 72.2 Å². The summed E-state index contributed by atoms with van der Waals surface area (Å²) in [6, 6.07) is 7.97. The zero-order valence-corrected chi connectivity index (χ0v) is 15.6. The van der Waals surface area contributed by atoms with Crippen LogP contribution in [0, 0.1) is 6.92 Å². The van der Waals surface area contributed by atoms with E-state index in [9.17, 15) is 8.42 Å². The first-order chi connectivity index (χ1) is 9.70. The molecule has 0 heterocycles. The molecule has 0 aliphatic carbocycles. The number of rotatable bonds is 3. The van der Waals surface area contributed by atoms with E-state index in [0.717, 1.165) is 4.47 Å². The van der Waals surface area contributed by atoms with E-state index < -0.39 is 10.0 Å². The molecular weight excluding hydrogens is 443 g/mol. The van der Waals surface area contributed by atoms with Gasteiger partial charge in [-0.3, -0.25) is 4.72 Å². The predicted octanol–water partition coefficient (Wildman–Crippen LogP) is 4.56. The lowest BCUT2D eigenvalue weighted by atomic mass is 10.2. The summed E-state index contributed by atoms with van der Waals surface area (Å²) in [4.78, 5) is -0.00548. The van der Waals surface area contributed by atoms with Gasteiger partial charge in [0, 0.05) is 8.95 Å². The van der Waals surface area contributed by atoms with Gasteiger partial charge in [0.2, 0.25) is 0 Å². The van der Waals surface area contributed by atoms with Crippen LogP contribution in [0.3, 0.4) is 0 Å². The van der Waals surface area contributed by atoms with Crippen LogP contribution in [0.4, 0.5) is 11.4 Å². The van der Waals surface area contributed by atoms with Crippen LogP contribution >= 0.6 is 43.5 Å². The Morgan fingerprint density at radius 2 is 1.81 bits per heavy atom.